The lowest BCUT2D eigenvalue weighted by Crippen LogP contribution is -3.00. The van der Waals surface area contributed by atoms with Crippen LogP contribution in [0.25, 0.3) is 0 Å². The first-order chi connectivity index (χ1) is 10.3. The summed E-state index contributed by atoms with van der Waals surface area (Å²) < 4.78 is 4.52. The van der Waals surface area contributed by atoms with Crippen molar-refractivity contribution in [1.82, 2.24) is 4.57 Å². The molecular formula is C19H21ClN2. The van der Waals surface area contributed by atoms with Gasteiger partial charge < -0.3 is 12.4 Å². The van der Waals surface area contributed by atoms with Crippen LogP contribution in [0, 0.1) is 0 Å². The van der Waals surface area contributed by atoms with Crippen molar-refractivity contribution in [2.45, 2.75) is 25.9 Å². The molecule has 114 valence electrons. The predicted molar refractivity (Wildman–Crippen MR) is 85.1 cm³/mol. The summed E-state index contributed by atoms with van der Waals surface area (Å²) in [7, 11) is 0. The molecule has 0 saturated carbocycles. The van der Waals surface area contributed by atoms with Gasteiger partial charge in [0.1, 0.15) is 24.5 Å². The highest BCUT2D eigenvalue weighted by Crippen LogP contribution is 2.17. The van der Waals surface area contributed by atoms with Gasteiger partial charge in [-0.1, -0.05) is 60.7 Å². The molecule has 0 aliphatic heterocycles. The van der Waals surface area contributed by atoms with Crippen molar-refractivity contribution in [2.75, 3.05) is 0 Å². The minimum atomic E-state index is 0. The zero-order chi connectivity index (χ0) is 14.7. The van der Waals surface area contributed by atoms with E-state index in [-0.39, 0.29) is 12.4 Å². The summed E-state index contributed by atoms with van der Waals surface area (Å²) in [5.74, 6) is 0. The molecule has 0 spiro atoms. The minimum absolute atomic E-state index is 0. The van der Waals surface area contributed by atoms with Gasteiger partial charge in [0.15, 0.2) is 0 Å². The SMILES string of the molecule is C[C@@H](c1ccccc1)n1cc[n+]([C@@H](C)c2ccccc2)c1.[Cl-]. The summed E-state index contributed by atoms with van der Waals surface area (Å²) in [4.78, 5) is 0. The summed E-state index contributed by atoms with van der Waals surface area (Å²) in [6.45, 7) is 4.46. The second-order valence-electron chi connectivity index (χ2n) is 5.48. The molecule has 0 N–H and O–H groups in total. The molecule has 3 heteroatoms. The average molecular weight is 313 g/mol. The van der Waals surface area contributed by atoms with Crippen LogP contribution in [0.4, 0.5) is 0 Å². The van der Waals surface area contributed by atoms with E-state index >= 15 is 0 Å². The van der Waals surface area contributed by atoms with Crippen LogP contribution >= 0.6 is 0 Å². The molecule has 0 unspecified atom stereocenters. The van der Waals surface area contributed by atoms with Crippen LogP contribution in [0.2, 0.25) is 0 Å². The lowest BCUT2D eigenvalue weighted by molar-refractivity contribution is -0.710. The van der Waals surface area contributed by atoms with Gasteiger partial charge in [0.05, 0.1) is 0 Å². The summed E-state index contributed by atoms with van der Waals surface area (Å²) in [5, 5.41) is 0. The smallest absolute Gasteiger partial charge is 0.244 e. The van der Waals surface area contributed by atoms with Gasteiger partial charge in [-0.3, -0.25) is 0 Å². The first-order valence-electron chi connectivity index (χ1n) is 7.44. The quantitative estimate of drug-likeness (QED) is 0.636. The first kappa shape index (κ1) is 16.3. The fourth-order valence-electron chi connectivity index (χ4n) is 2.65. The number of hydrogen-bond acceptors (Lipinski definition) is 0. The van der Waals surface area contributed by atoms with Crippen molar-refractivity contribution in [3.05, 3.63) is 90.5 Å². The van der Waals surface area contributed by atoms with E-state index in [2.05, 4.69) is 102 Å². The van der Waals surface area contributed by atoms with Gasteiger partial charge >= 0.3 is 0 Å². The zero-order valence-electron chi connectivity index (χ0n) is 12.9. The standard InChI is InChI=1S/C19H21N2.ClH/c1-16(18-9-5-3-6-10-18)20-13-14-21(15-20)17(2)19-11-7-4-8-12-19;/h3-17H,1-2H3;1H/q+1;/p-1/t16-,17-;/m0./s1. The van der Waals surface area contributed by atoms with Gasteiger partial charge in [0, 0.05) is 0 Å². The molecule has 22 heavy (non-hydrogen) atoms. The van der Waals surface area contributed by atoms with Crippen LogP contribution in [0.5, 0.6) is 0 Å². The van der Waals surface area contributed by atoms with Crippen LogP contribution in [-0.4, -0.2) is 4.57 Å². The van der Waals surface area contributed by atoms with Gasteiger partial charge in [-0.25, -0.2) is 9.13 Å². The zero-order valence-corrected chi connectivity index (χ0v) is 13.7. The lowest BCUT2D eigenvalue weighted by atomic mass is 10.1. The number of imidazole rings is 1. The number of benzene rings is 2. The molecule has 0 aliphatic carbocycles. The Hall–Kier alpha value is -2.06. The van der Waals surface area contributed by atoms with E-state index < -0.39 is 0 Å². The highest BCUT2D eigenvalue weighted by Gasteiger charge is 2.17. The lowest BCUT2D eigenvalue weighted by Gasteiger charge is -2.09. The third-order valence-electron chi connectivity index (χ3n) is 4.14. The molecule has 0 aliphatic rings. The van der Waals surface area contributed by atoms with Gasteiger partial charge in [0.25, 0.3) is 0 Å². The number of rotatable bonds is 4. The monoisotopic (exact) mass is 312 g/mol. The van der Waals surface area contributed by atoms with E-state index in [1.54, 1.807) is 0 Å². The van der Waals surface area contributed by atoms with E-state index in [0.29, 0.717) is 12.1 Å². The Morgan fingerprint density at radius 1 is 0.818 bits per heavy atom. The minimum Gasteiger partial charge on any atom is -1.00 e. The highest BCUT2D eigenvalue weighted by molar-refractivity contribution is 5.19. The van der Waals surface area contributed by atoms with Crippen LogP contribution in [0.15, 0.2) is 79.4 Å². The topological polar surface area (TPSA) is 8.81 Å². The number of halogens is 1. The largest absolute Gasteiger partial charge is 1.00 e. The maximum absolute atomic E-state index is 2.26. The van der Waals surface area contributed by atoms with Gasteiger partial charge in [-0.15, -0.1) is 0 Å². The molecule has 0 bridgehead atoms. The maximum atomic E-state index is 2.26. The average Bonchev–Trinajstić information content (AvgIpc) is 3.05. The Morgan fingerprint density at radius 3 is 1.95 bits per heavy atom. The Kier molecular flexibility index (Phi) is 5.40. The molecule has 3 aromatic rings. The predicted octanol–water partition coefficient (Wildman–Crippen LogP) is 0.998. The van der Waals surface area contributed by atoms with Crippen molar-refractivity contribution >= 4 is 0 Å². The van der Waals surface area contributed by atoms with Crippen LogP contribution < -0.4 is 17.0 Å². The Balaban J connectivity index is 0.00000176. The van der Waals surface area contributed by atoms with Crippen LogP contribution in [0.1, 0.15) is 37.1 Å². The third kappa shape index (κ3) is 3.40. The van der Waals surface area contributed by atoms with Crippen molar-refractivity contribution in [3.63, 3.8) is 0 Å². The molecule has 2 nitrogen and oxygen atoms in total. The summed E-state index contributed by atoms with van der Waals surface area (Å²) in [6, 6.07) is 21.9. The molecule has 2 aromatic carbocycles. The second kappa shape index (κ2) is 7.28. The number of nitrogens with zero attached hydrogens (tertiary/aromatic N) is 2. The molecule has 3 rings (SSSR count). The van der Waals surface area contributed by atoms with Gasteiger partial charge in [0.2, 0.25) is 6.33 Å². The van der Waals surface area contributed by atoms with Crippen LogP contribution in [-0.2, 0) is 0 Å². The maximum Gasteiger partial charge on any atom is 0.244 e. The van der Waals surface area contributed by atoms with E-state index in [4.69, 9.17) is 0 Å². The molecule has 0 saturated heterocycles. The Morgan fingerprint density at radius 2 is 1.36 bits per heavy atom. The van der Waals surface area contributed by atoms with Crippen molar-refractivity contribution in [2.24, 2.45) is 0 Å². The Bertz CT molecular complexity index is 632. The molecule has 1 heterocycles. The molecular weight excluding hydrogens is 292 g/mol. The normalized spacial score (nSPS) is 13.2. The Labute approximate surface area is 138 Å². The molecule has 0 amide bonds. The molecule has 2 atom stereocenters. The second-order valence-corrected chi connectivity index (χ2v) is 5.48. The summed E-state index contributed by atoms with van der Waals surface area (Å²) in [6.07, 6.45) is 6.49. The van der Waals surface area contributed by atoms with E-state index in [0.717, 1.165) is 0 Å². The van der Waals surface area contributed by atoms with E-state index in [9.17, 15) is 0 Å². The van der Waals surface area contributed by atoms with E-state index in [1.807, 2.05) is 0 Å². The number of aromatic nitrogens is 2. The van der Waals surface area contributed by atoms with Gasteiger partial charge in [-0.05, 0) is 25.0 Å². The third-order valence-corrected chi connectivity index (χ3v) is 4.14. The highest BCUT2D eigenvalue weighted by atomic mass is 35.5. The van der Waals surface area contributed by atoms with Crippen molar-refractivity contribution in [3.8, 4) is 0 Å². The van der Waals surface area contributed by atoms with Crippen molar-refractivity contribution < 1.29 is 17.0 Å². The summed E-state index contributed by atoms with van der Waals surface area (Å²) in [5.41, 5.74) is 2.65. The number of hydrogen-bond donors (Lipinski definition) is 0. The van der Waals surface area contributed by atoms with Gasteiger partial charge in [-0.2, -0.15) is 0 Å². The van der Waals surface area contributed by atoms with E-state index in [1.165, 1.54) is 11.1 Å². The fourth-order valence-corrected chi connectivity index (χ4v) is 2.65. The van der Waals surface area contributed by atoms with Crippen LogP contribution in [0.3, 0.4) is 0 Å². The van der Waals surface area contributed by atoms with Crippen molar-refractivity contribution in [1.29, 1.82) is 0 Å². The fraction of sp³-hybridized carbons (Fsp3) is 0.211. The molecule has 0 fully saturated rings. The summed E-state index contributed by atoms with van der Waals surface area (Å²) >= 11 is 0. The molecule has 1 aromatic heterocycles. The molecule has 0 radical (unpaired) electrons. The first-order valence-corrected chi connectivity index (χ1v) is 7.44.